The molecule has 0 aliphatic heterocycles. The van der Waals surface area contributed by atoms with Crippen molar-refractivity contribution in [2.75, 3.05) is 13.1 Å². The normalized spacial score (nSPS) is 11.6. The molecule has 0 heterocycles. The number of carboxylic acid groups (broad SMARTS) is 1. The fourth-order valence-electron chi connectivity index (χ4n) is 1.94. The van der Waals surface area contributed by atoms with Crippen molar-refractivity contribution in [1.82, 2.24) is 4.90 Å². The Hall–Kier alpha value is -0.130. The first kappa shape index (κ1) is 22.2. The Morgan fingerprint density at radius 3 is 2.20 bits per heavy atom. The van der Waals surface area contributed by atoms with Crippen molar-refractivity contribution in [3.05, 3.63) is 0 Å². The van der Waals surface area contributed by atoms with Crippen LogP contribution >= 0.6 is 0 Å². The number of hydrogen-bond acceptors (Lipinski definition) is 3. The molecule has 0 fully saturated rings. The minimum Gasteiger partial charge on any atom is -0.548 e. The Balaban J connectivity index is 0. The Morgan fingerprint density at radius 1 is 1.10 bits per heavy atom. The molecule has 0 N–H and O–H groups in total. The molecular weight excluding hydrogens is 272 g/mol. The third-order valence-corrected chi connectivity index (χ3v) is 2.95. The molecule has 6 heteroatoms. The van der Waals surface area contributed by atoms with E-state index in [9.17, 15) is 19.1 Å². The molecule has 0 saturated heterocycles. The topological polar surface area (TPSA) is 60.4 Å². The first-order valence-electron chi connectivity index (χ1n) is 7.15. The van der Waals surface area contributed by atoms with Crippen LogP contribution in [0.1, 0.15) is 58.8 Å². The zero-order chi connectivity index (χ0) is 14.7. The van der Waals surface area contributed by atoms with Crippen LogP contribution in [-0.2, 0) is 9.59 Å². The molecule has 20 heavy (non-hydrogen) atoms. The van der Waals surface area contributed by atoms with Crippen LogP contribution in [0.2, 0.25) is 0 Å². The number of carbonyl (C=O) groups is 2. The van der Waals surface area contributed by atoms with Crippen LogP contribution in [-0.4, -0.2) is 36.0 Å². The van der Waals surface area contributed by atoms with E-state index >= 15 is 0 Å². The van der Waals surface area contributed by atoms with Crippen LogP contribution in [0.5, 0.6) is 0 Å². The minimum atomic E-state index is -1.59. The van der Waals surface area contributed by atoms with Gasteiger partial charge in [-0.15, -0.1) is 0 Å². The number of carbonyl (C=O) groups excluding carboxylic acids is 2. The van der Waals surface area contributed by atoms with E-state index in [1.165, 1.54) is 0 Å². The summed E-state index contributed by atoms with van der Waals surface area (Å²) in [6.45, 7) is 3.64. The number of aliphatic carboxylic acids is 1. The zero-order valence-electron chi connectivity index (χ0n) is 13.0. The molecule has 0 radical (unpaired) electrons. The summed E-state index contributed by atoms with van der Waals surface area (Å²) in [5.74, 6) is -2.07. The standard InChI is InChI=1S/C14H26FNO3.Na/c1-3-5-6-7-8-9-12(15)14(19)16(10-4-2)11-13(17)18;/h12H,3-11H2,1-2H3,(H,17,18);/q;+1/p-1. The van der Waals surface area contributed by atoms with E-state index in [4.69, 9.17) is 0 Å². The van der Waals surface area contributed by atoms with Gasteiger partial charge in [-0.2, -0.15) is 0 Å². The van der Waals surface area contributed by atoms with E-state index in [-0.39, 0.29) is 42.5 Å². The number of unbranched alkanes of at least 4 members (excludes halogenated alkanes) is 4. The van der Waals surface area contributed by atoms with Gasteiger partial charge in [0.1, 0.15) is 0 Å². The third kappa shape index (κ3) is 10.6. The first-order chi connectivity index (χ1) is 9.02. The molecule has 112 valence electrons. The zero-order valence-corrected chi connectivity index (χ0v) is 15.0. The summed E-state index contributed by atoms with van der Waals surface area (Å²) in [5.41, 5.74) is 0. The van der Waals surface area contributed by atoms with E-state index in [2.05, 4.69) is 6.92 Å². The van der Waals surface area contributed by atoms with Gasteiger partial charge in [0.15, 0.2) is 6.17 Å². The summed E-state index contributed by atoms with van der Waals surface area (Å²) in [7, 11) is 0. The maximum Gasteiger partial charge on any atom is 1.00 e. The number of rotatable bonds is 11. The monoisotopic (exact) mass is 297 g/mol. The second-order valence-electron chi connectivity index (χ2n) is 4.80. The predicted octanol–water partition coefficient (Wildman–Crippen LogP) is -1.32. The fraction of sp³-hybridized carbons (Fsp3) is 0.857. The molecule has 1 amide bonds. The molecule has 0 aromatic rings. The van der Waals surface area contributed by atoms with Crippen molar-refractivity contribution in [2.45, 2.75) is 65.0 Å². The van der Waals surface area contributed by atoms with Gasteiger partial charge in [0.2, 0.25) is 0 Å². The summed E-state index contributed by atoms with van der Waals surface area (Å²) < 4.78 is 13.7. The van der Waals surface area contributed by atoms with Crippen LogP contribution in [0.3, 0.4) is 0 Å². The van der Waals surface area contributed by atoms with Crippen LogP contribution < -0.4 is 34.7 Å². The number of amides is 1. The van der Waals surface area contributed by atoms with Crippen LogP contribution in [0.25, 0.3) is 0 Å². The second-order valence-corrected chi connectivity index (χ2v) is 4.80. The van der Waals surface area contributed by atoms with Gasteiger partial charge in [0.25, 0.3) is 5.91 Å². The molecule has 1 atom stereocenters. The summed E-state index contributed by atoms with van der Waals surface area (Å²) in [6, 6.07) is 0. The van der Waals surface area contributed by atoms with E-state index in [0.29, 0.717) is 12.8 Å². The van der Waals surface area contributed by atoms with Crippen molar-refractivity contribution in [2.24, 2.45) is 0 Å². The number of nitrogens with zero attached hydrogens (tertiary/aromatic N) is 1. The number of hydrogen-bond donors (Lipinski definition) is 0. The Labute approximate surface area is 143 Å². The average Bonchev–Trinajstić information content (AvgIpc) is 2.36. The van der Waals surface area contributed by atoms with E-state index in [0.717, 1.165) is 30.6 Å². The molecule has 0 aromatic carbocycles. The number of alkyl halides is 1. The number of carboxylic acids is 1. The molecule has 0 aliphatic carbocycles. The van der Waals surface area contributed by atoms with Crippen LogP contribution in [0, 0.1) is 0 Å². The van der Waals surface area contributed by atoms with Gasteiger partial charge >= 0.3 is 29.6 Å². The van der Waals surface area contributed by atoms with Gasteiger partial charge in [0.05, 0.1) is 12.5 Å². The average molecular weight is 297 g/mol. The molecule has 0 aromatic heterocycles. The Bertz CT molecular complexity index is 277. The van der Waals surface area contributed by atoms with E-state index in [1.54, 1.807) is 0 Å². The van der Waals surface area contributed by atoms with Gasteiger partial charge in [-0.1, -0.05) is 46.0 Å². The van der Waals surface area contributed by atoms with Crippen molar-refractivity contribution in [3.63, 3.8) is 0 Å². The molecular formula is C14H25FNNaO3. The van der Waals surface area contributed by atoms with Crippen molar-refractivity contribution < 1.29 is 48.6 Å². The van der Waals surface area contributed by atoms with Crippen molar-refractivity contribution in [3.8, 4) is 0 Å². The first-order valence-corrected chi connectivity index (χ1v) is 7.15. The van der Waals surface area contributed by atoms with Gasteiger partial charge in [0, 0.05) is 6.54 Å². The second kappa shape index (κ2) is 13.8. The molecule has 1 unspecified atom stereocenters. The molecule has 4 nitrogen and oxygen atoms in total. The summed E-state index contributed by atoms with van der Waals surface area (Å²) in [6.07, 6.45) is 4.06. The van der Waals surface area contributed by atoms with Crippen molar-refractivity contribution >= 4 is 11.9 Å². The summed E-state index contributed by atoms with van der Waals surface area (Å²) >= 11 is 0. The molecule has 0 spiro atoms. The maximum absolute atomic E-state index is 13.7. The maximum atomic E-state index is 13.7. The molecule has 0 bridgehead atoms. The summed E-state index contributed by atoms with van der Waals surface area (Å²) in [4.78, 5) is 23.3. The Kier molecular flexibility index (Phi) is 15.3. The minimum absolute atomic E-state index is 0. The third-order valence-electron chi connectivity index (χ3n) is 2.95. The van der Waals surface area contributed by atoms with E-state index < -0.39 is 24.6 Å². The van der Waals surface area contributed by atoms with Gasteiger partial charge in [-0.3, -0.25) is 4.79 Å². The van der Waals surface area contributed by atoms with Crippen molar-refractivity contribution in [1.29, 1.82) is 0 Å². The molecule has 0 aliphatic rings. The predicted molar refractivity (Wildman–Crippen MR) is 70.2 cm³/mol. The fourth-order valence-corrected chi connectivity index (χ4v) is 1.94. The van der Waals surface area contributed by atoms with Gasteiger partial charge in [-0.25, -0.2) is 4.39 Å². The summed E-state index contributed by atoms with van der Waals surface area (Å²) in [5, 5.41) is 10.5. The quantitative estimate of drug-likeness (QED) is 0.351. The largest absolute Gasteiger partial charge is 1.00 e. The smallest absolute Gasteiger partial charge is 0.548 e. The Morgan fingerprint density at radius 2 is 1.70 bits per heavy atom. The van der Waals surface area contributed by atoms with Crippen LogP contribution in [0.4, 0.5) is 4.39 Å². The number of halogens is 1. The van der Waals surface area contributed by atoms with Crippen LogP contribution in [0.15, 0.2) is 0 Å². The SMILES string of the molecule is CCCCCCCC(F)C(=O)N(CCC)CC(=O)[O-].[Na+]. The van der Waals surface area contributed by atoms with E-state index in [1.807, 2.05) is 6.92 Å². The molecule has 0 rings (SSSR count). The van der Waals surface area contributed by atoms with Gasteiger partial charge < -0.3 is 14.8 Å². The van der Waals surface area contributed by atoms with Gasteiger partial charge in [-0.05, 0) is 12.8 Å². The molecule has 0 saturated carbocycles.